The average Bonchev–Trinajstić information content (AvgIpc) is 2.92. The van der Waals surface area contributed by atoms with Crippen LogP contribution in [0.25, 0.3) is 0 Å². The van der Waals surface area contributed by atoms with Crippen molar-refractivity contribution in [2.45, 2.75) is 45.7 Å². The van der Waals surface area contributed by atoms with Crippen molar-refractivity contribution < 1.29 is 0 Å². The Morgan fingerprint density at radius 3 is 2.19 bits per heavy atom. The normalized spacial score (nSPS) is 19.5. The largest absolute Gasteiger partial charge is 0.315 e. The van der Waals surface area contributed by atoms with Gasteiger partial charge in [-0.25, -0.2) is 8.61 Å². The monoisotopic (exact) mass is 245 g/mol. The molecule has 0 heterocycles. The highest BCUT2D eigenvalue weighted by atomic mass is 32.2. The van der Waals surface area contributed by atoms with Crippen molar-refractivity contribution >= 4 is 12.1 Å². The number of nitrogens with one attached hydrogen (secondary N) is 1. The van der Waals surface area contributed by atoms with Crippen molar-refractivity contribution in [1.82, 2.24) is 13.9 Å². The molecule has 0 spiro atoms. The van der Waals surface area contributed by atoms with Crippen molar-refractivity contribution in [1.29, 1.82) is 0 Å². The highest BCUT2D eigenvalue weighted by molar-refractivity contribution is 7.94. The molecule has 0 radical (unpaired) electrons. The van der Waals surface area contributed by atoms with Gasteiger partial charge in [0.25, 0.3) is 0 Å². The summed E-state index contributed by atoms with van der Waals surface area (Å²) in [6.07, 6.45) is 2.73. The fourth-order valence-electron chi connectivity index (χ4n) is 1.80. The molecule has 0 aromatic rings. The number of nitrogens with zero attached hydrogens (tertiary/aromatic N) is 2. The van der Waals surface area contributed by atoms with E-state index in [0.717, 1.165) is 12.6 Å². The molecule has 0 aromatic heterocycles. The average molecular weight is 245 g/mol. The van der Waals surface area contributed by atoms with Gasteiger partial charge in [-0.3, -0.25) is 0 Å². The summed E-state index contributed by atoms with van der Waals surface area (Å²) in [6, 6.07) is 1.34. The molecule has 1 aliphatic carbocycles. The van der Waals surface area contributed by atoms with E-state index in [0.29, 0.717) is 11.5 Å². The summed E-state index contributed by atoms with van der Waals surface area (Å²) in [4.78, 5) is 0. The van der Waals surface area contributed by atoms with E-state index >= 15 is 0 Å². The molecular weight excluding hydrogens is 218 g/mol. The van der Waals surface area contributed by atoms with Crippen molar-refractivity contribution in [2.24, 2.45) is 5.41 Å². The molecule has 1 aliphatic rings. The van der Waals surface area contributed by atoms with E-state index in [1.807, 2.05) is 12.1 Å². The zero-order valence-electron chi connectivity index (χ0n) is 11.6. The molecule has 0 aromatic carbocycles. The molecule has 1 unspecified atom stereocenters. The summed E-state index contributed by atoms with van der Waals surface area (Å²) < 4.78 is 4.72. The van der Waals surface area contributed by atoms with Crippen molar-refractivity contribution in [3.63, 3.8) is 0 Å². The molecule has 1 N–H and O–H groups in total. The predicted octanol–water partition coefficient (Wildman–Crippen LogP) is 2.21. The first kappa shape index (κ1) is 14.3. The Balaban J connectivity index is 2.52. The standard InChI is InChI=1S/C12H27N3S/c1-12(2,3)11(13-4)9-15(10-7-8-10)16-14(5)6/h10-11,13H,7-9H2,1-6H3. The summed E-state index contributed by atoms with van der Waals surface area (Å²) in [5, 5.41) is 3.45. The van der Waals surface area contributed by atoms with Crippen LogP contribution in [0.2, 0.25) is 0 Å². The van der Waals surface area contributed by atoms with Gasteiger partial charge in [-0.05, 0) is 39.4 Å². The quantitative estimate of drug-likeness (QED) is 0.723. The lowest BCUT2D eigenvalue weighted by atomic mass is 9.87. The zero-order valence-corrected chi connectivity index (χ0v) is 12.4. The maximum atomic E-state index is 3.45. The topological polar surface area (TPSA) is 18.5 Å². The van der Waals surface area contributed by atoms with Crippen molar-refractivity contribution in [2.75, 3.05) is 27.7 Å². The van der Waals surface area contributed by atoms with Gasteiger partial charge in [0.15, 0.2) is 0 Å². The molecular formula is C12H27N3S. The minimum absolute atomic E-state index is 0.314. The van der Waals surface area contributed by atoms with Crippen LogP contribution >= 0.6 is 12.1 Å². The Morgan fingerprint density at radius 2 is 1.88 bits per heavy atom. The first-order valence-corrected chi connectivity index (χ1v) is 6.87. The van der Waals surface area contributed by atoms with Crippen LogP contribution in [-0.2, 0) is 0 Å². The van der Waals surface area contributed by atoms with Crippen LogP contribution in [-0.4, -0.2) is 48.4 Å². The molecule has 1 atom stereocenters. The number of hydrogen-bond acceptors (Lipinski definition) is 4. The van der Waals surface area contributed by atoms with E-state index in [4.69, 9.17) is 0 Å². The van der Waals surface area contributed by atoms with Gasteiger partial charge in [0.05, 0.1) is 0 Å². The van der Waals surface area contributed by atoms with Gasteiger partial charge in [-0.15, -0.1) is 0 Å². The highest BCUT2D eigenvalue weighted by Gasteiger charge is 2.34. The highest BCUT2D eigenvalue weighted by Crippen LogP contribution is 2.34. The molecule has 1 saturated carbocycles. The minimum atomic E-state index is 0.314. The lowest BCUT2D eigenvalue weighted by Gasteiger charge is -2.35. The van der Waals surface area contributed by atoms with Crippen LogP contribution in [0.4, 0.5) is 0 Å². The second-order valence-electron chi connectivity index (χ2n) is 5.93. The second-order valence-corrected chi connectivity index (χ2v) is 7.29. The summed E-state index contributed by atoms with van der Waals surface area (Å²) in [6.45, 7) is 8.03. The Labute approximate surface area is 105 Å². The Morgan fingerprint density at radius 1 is 1.31 bits per heavy atom. The van der Waals surface area contributed by atoms with E-state index in [9.17, 15) is 0 Å². The molecule has 0 amide bonds. The third-order valence-corrected chi connectivity index (χ3v) is 3.96. The maximum absolute atomic E-state index is 3.45. The molecule has 16 heavy (non-hydrogen) atoms. The van der Waals surface area contributed by atoms with Crippen LogP contribution in [0.15, 0.2) is 0 Å². The molecule has 1 rings (SSSR count). The van der Waals surface area contributed by atoms with Crippen LogP contribution in [0.3, 0.4) is 0 Å². The van der Waals surface area contributed by atoms with Gasteiger partial charge >= 0.3 is 0 Å². The van der Waals surface area contributed by atoms with E-state index < -0.39 is 0 Å². The Bertz CT molecular complexity index is 209. The SMILES string of the molecule is CNC(CN(SN(C)C)C1CC1)C(C)(C)C. The smallest absolute Gasteiger partial charge is 0.0264 e. The fraction of sp³-hybridized carbons (Fsp3) is 1.00. The van der Waals surface area contributed by atoms with Crippen molar-refractivity contribution in [3.8, 4) is 0 Å². The minimum Gasteiger partial charge on any atom is -0.315 e. The molecule has 96 valence electrons. The first-order chi connectivity index (χ1) is 7.34. The number of likely N-dealkylation sites (N-methyl/N-ethyl adjacent to an activating group) is 1. The van der Waals surface area contributed by atoms with Crippen LogP contribution in [0, 0.1) is 5.41 Å². The Hall–Kier alpha value is 0.230. The van der Waals surface area contributed by atoms with Crippen molar-refractivity contribution in [3.05, 3.63) is 0 Å². The Kier molecular flexibility index (Phi) is 5.10. The summed E-state index contributed by atoms with van der Waals surface area (Å²) in [7, 11) is 6.30. The van der Waals surface area contributed by atoms with E-state index in [-0.39, 0.29) is 0 Å². The van der Waals surface area contributed by atoms with Gasteiger partial charge in [-0.1, -0.05) is 20.8 Å². The third kappa shape index (κ3) is 4.62. The molecule has 0 saturated heterocycles. The third-order valence-electron chi connectivity index (χ3n) is 2.98. The summed E-state index contributed by atoms with van der Waals surface area (Å²) >= 11 is 1.86. The van der Waals surface area contributed by atoms with E-state index in [1.165, 1.54) is 12.8 Å². The van der Waals surface area contributed by atoms with Gasteiger partial charge in [0.2, 0.25) is 0 Å². The fourth-order valence-corrected chi connectivity index (χ4v) is 2.78. The summed E-state index contributed by atoms with van der Waals surface area (Å²) in [5.41, 5.74) is 0.314. The molecule has 4 heteroatoms. The first-order valence-electron chi connectivity index (χ1n) is 6.14. The summed E-state index contributed by atoms with van der Waals surface area (Å²) in [5.74, 6) is 0. The zero-order chi connectivity index (χ0) is 12.3. The van der Waals surface area contributed by atoms with Gasteiger partial charge in [0, 0.05) is 30.8 Å². The lowest BCUT2D eigenvalue weighted by Crippen LogP contribution is -2.46. The van der Waals surface area contributed by atoms with Crippen LogP contribution < -0.4 is 5.32 Å². The van der Waals surface area contributed by atoms with E-state index in [1.54, 1.807) is 0 Å². The number of rotatable bonds is 6. The number of hydrogen-bond donors (Lipinski definition) is 1. The van der Waals surface area contributed by atoms with E-state index in [2.05, 4.69) is 55.8 Å². The predicted molar refractivity (Wildman–Crippen MR) is 73.3 cm³/mol. The molecule has 0 bridgehead atoms. The molecule has 3 nitrogen and oxygen atoms in total. The van der Waals surface area contributed by atoms with Crippen LogP contribution in [0.5, 0.6) is 0 Å². The molecule has 0 aliphatic heterocycles. The molecule has 1 fully saturated rings. The lowest BCUT2D eigenvalue weighted by molar-refractivity contribution is 0.236. The van der Waals surface area contributed by atoms with Gasteiger partial charge in [0.1, 0.15) is 0 Å². The maximum Gasteiger partial charge on any atom is 0.0264 e. The van der Waals surface area contributed by atoms with Crippen LogP contribution in [0.1, 0.15) is 33.6 Å². The van der Waals surface area contributed by atoms with Gasteiger partial charge in [-0.2, -0.15) is 0 Å². The van der Waals surface area contributed by atoms with Gasteiger partial charge < -0.3 is 5.32 Å². The second kappa shape index (κ2) is 5.71.